The molecule has 3 rings (SSSR count). The summed E-state index contributed by atoms with van der Waals surface area (Å²) in [5, 5.41) is 9.08. The Balaban J connectivity index is 1.72. The van der Waals surface area contributed by atoms with Gasteiger partial charge in [-0.2, -0.15) is 0 Å². The number of aromatic nitrogens is 3. The number of benzene rings is 1. The number of carbonyl (C=O) groups is 1. The highest BCUT2D eigenvalue weighted by Crippen LogP contribution is 2.39. The van der Waals surface area contributed by atoms with Crippen molar-refractivity contribution in [2.24, 2.45) is 7.05 Å². The fourth-order valence-corrected chi connectivity index (χ4v) is 3.81. The van der Waals surface area contributed by atoms with E-state index in [0.29, 0.717) is 5.82 Å². The van der Waals surface area contributed by atoms with Gasteiger partial charge >= 0.3 is 0 Å². The summed E-state index contributed by atoms with van der Waals surface area (Å²) in [6, 6.07) is 9.33. The molecule has 1 N–H and O–H groups in total. The van der Waals surface area contributed by atoms with E-state index >= 15 is 0 Å². The lowest BCUT2D eigenvalue weighted by molar-refractivity contribution is -0.120. The number of sulfone groups is 1. The number of nitrogens with one attached hydrogen (secondary N) is 1. The number of amides is 1. The molecule has 1 unspecified atom stereocenters. The summed E-state index contributed by atoms with van der Waals surface area (Å²) in [6.07, 6.45) is 2.00. The van der Waals surface area contributed by atoms with E-state index in [4.69, 9.17) is 0 Å². The summed E-state index contributed by atoms with van der Waals surface area (Å²) >= 11 is 0. The van der Waals surface area contributed by atoms with Gasteiger partial charge in [-0.3, -0.25) is 4.79 Å². The Bertz CT molecular complexity index is 841. The lowest BCUT2D eigenvalue weighted by Crippen LogP contribution is -2.38. The van der Waals surface area contributed by atoms with Crippen molar-refractivity contribution in [1.29, 1.82) is 0 Å². The third-order valence-corrected chi connectivity index (χ3v) is 6.22. The largest absolute Gasteiger partial charge is 0.351 e. The lowest BCUT2D eigenvalue weighted by atomic mass is 10.2. The molecule has 8 heteroatoms. The highest BCUT2D eigenvalue weighted by Gasteiger charge is 2.37. The number of nitrogens with zero attached hydrogens (tertiary/aromatic N) is 3. The third-order valence-electron chi connectivity index (χ3n) is 4.21. The van der Waals surface area contributed by atoms with Gasteiger partial charge < -0.3 is 9.88 Å². The molecule has 128 valence electrons. The number of hydrogen-bond donors (Lipinski definition) is 1. The second-order valence-electron chi connectivity index (χ2n) is 6.06. The molecular weight excluding hydrogens is 328 g/mol. The zero-order valence-electron chi connectivity index (χ0n) is 13.6. The first-order valence-corrected chi connectivity index (χ1v) is 9.40. The minimum atomic E-state index is -3.88. The molecule has 1 aliphatic carbocycles. The van der Waals surface area contributed by atoms with Crippen LogP contribution in [0, 0.1) is 0 Å². The first-order chi connectivity index (χ1) is 11.4. The van der Waals surface area contributed by atoms with E-state index < -0.39 is 21.0 Å². The summed E-state index contributed by atoms with van der Waals surface area (Å²) in [5.74, 6) is 0.411. The van der Waals surface area contributed by atoms with Crippen LogP contribution in [0.3, 0.4) is 0 Å². The minimum absolute atomic E-state index is 0.147. The second-order valence-corrected chi connectivity index (χ2v) is 8.23. The Hall–Kier alpha value is -2.22. The van der Waals surface area contributed by atoms with Crippen LogP contribution >= 0.6 is 0 Å². The summed E-state index contributed by atoms with van der Waals surface area (Å²) in [5.41, 5.74) is 0.908. The van der Waals surface area contributed by atoms with Crippen molar-refractivity contribution in [3.8, 4) is 0 Å². The molecule has 0 radical (unpaired) electrons. The van der Waals surface area contributed by atoms with E-state index in [1.165, 1.54) is 11.5 Å². The van der Waals surface area contributed by atoms with Crippen LogP contribution in [0.15, 0.2) is 35.5 Å². The number of hydrogen-bond acceptors (Lipinski definition) is 5. The van der Waals surface area contributed by atoms with E-state index in [9.17, 15) is 13.2 Å². The normalized spacial score (nSPS) is 15.9. The van der Waals surface area contributed by atoms with Crippen LogP contribution in [0.5, 0.6) is 0 Å². The van der Waals surface area contributed by atoms with Crippen molar-refractivity contribution in [3.05, 3.63) is 41.7 Å². The van der Waals surface area contributed by atoms with E-state index in [0.717, 1.165) is 18.4 Å². The number of carbonyl (C=O) groups excluding carboxylic acids is 1. The molecule has 0 spiro atoms. The van der Waals surface area contributed by atoms with Gasteiger partial charge in [0.1, 0.15) is 11.1 Å². The molecule has 1 saturated carbocycles. The Morgan fingerprint density at radius 1 is 1.29 bits per heavy atom. The van der Waals surface area contributed by atoms with Gasteiger partial charge in [0.05, 0.1) is 0 Å². The van der Waals surface area contributed by atoms with Crippen molar-refractivity contribution >= 4 is 15.7 Å². The molecule has 2 aromatic rings. The van der Waals surface area contributed by atoms with Crippen molar-refractivity contribution < 1.29 is 13.2 Å². The van der Waals surface area contributed by atoms with Gasteiger partial charge in [0.25, 0.3) is 0 Å². The molecule has 1 heterocycles. The average molecular weight is 348 g/mol. The molecule has 0 bridgehead atoms. The predicted octanol–water partition coefficient (Wildman–Crippen LogP) is 1.17. The minimum Gasteiger partial charge on any atom is -0.351 e. The maximum absolute atomic E-state index is 12.7. The monoisotopic (exact) mass is 348 g/mol. The molecule has 7 nitrogen and oxygen atoms in total. The second kappa shape index (κ2) is 6.35. The Morgan fingerprint density at radius 3 is 2.58 bits per heavy atom. The summed E-state index contributed by atoms with van der Waals surface area (Å²) in [7, 11) is -2.25. The fraction of sp³-hybridized carbons (Fsp3) is 0.438. The predicted molar refractivity (Wildman–Crippen MR) is 87.9 cm³/mol. The van der Waals surface area contributed by atoms with Gasteiger partial charge in [-0.15, -0.1) is 10.2 Å². The van der Waals surface area contributed by atoms with Gasteiger partial charge in [-0.05, 0) is 25.3 Å². The van der Waals surface area contributed by atoms with Crippen LogP contribution in [0.2, 0.25) is 0 Å². The summed E-state index contributed by atoms with van der Waals surface area (Å²) < 4.78 is 26.8. The van der Waals surface area contributed by atoms with Crippen molar-refractivity contribution in [3.63, 3.8) is 0 Å². The molecule has 1 aliphatic rings. The maximum atomic E-state index is 12.7. The van der Waals surface area contributed by atoms with Crippen LogP contribution < -0.4 is 5.32 Å². The Morgan fingerprint density at radius 2 is 1.96 bits per heavy atom. The molecule has 1 atom stereocenters. The molecule has 0 aliphatic heterocycles. The molecule has 1 aromatic heterocycles. The highest BCUT2D eigenvalue weighted by atomic mass is 32.2. The maximum Gasteiger partial charge on any atom is 0.250 e. The van der Waals surface area contributed by atoms with Crippen LogP contribution in [0.25, 0.3) is 0 Å². The topological polar surface area (TPSA) is 93.9 Å². The molecular formula is C16H20N4O3S. The van der Waals surface area contributed by atoms with E-state index in [-0.39, 0.29) is 17.6 Å². The van der Waals surface area contributed by atoms with Crippen LogP contribution in [0.1, 0.15) is 37.1 Å². The highest BCUT2D eigenvalue weighted by molar-refractivity contribution is 7.92. The standard InChI is InChI=1S/C16H20N4O3S/c1-11(15(21)17-10-12-6-4-3-5-7-12)24(22,23)16-19-18-14(20(16)2)13-8-9-13/h3-7,11,13H,8-10H2,1-2H3,(H,17,21). The fourth-order valence-electron chi connectivity index (χ4n) is 2.50. The van der Waals surface area contributed by atoms with Gasteiger partial charge in [0.2, 0.25) is 20.9 Å². The van der Waals surface area contributed by atoms with Crippen LogP contribution in [-0.4, -0.2) is 34.3 Å². The van der Waals surface area contributed by atoms with E-state index in [1.807, 2.05) is 30.3 Å². The quantitative estimate of drug-likeness (QED) is 0.846. The van der Waals surface area contributed by atoms with Crippen LogP contribution in [0.4, 0.5) is 0 Å². The van der Waals surface area contributed by atoms with Crippen LogP contribution in [-0.2, 0) is 28.2 Å². The lowest BCUT2D eigenvalue weighted by Gasteiger charge is -2.13. The first kappa shape index (κ1) is 16.6. The first-order valence-electron chi connectivity index (χ1n) is 7.86. The molecule has 24 heavy (non-hydrogen) atoms. The summed E-state index contributed by atoms with van der Waals surface area (Å²) in [4.78, 5) is 12.3. The Kier molecular flexibility index (Phi) is 4.40. The zero-order valence-corrected chi connectivity index (χ0v) is 14.5. The van der Waals surface area contributed by atoms with E-state index in [2.05, 4.69) is 15.5 Å². The molecule has 0 saturated heterocycles. The zero-order chi connectivity index (χ0) is 17.3. The molecule has 1 fully saturated rings. The molecule has 1 amide bonds. The SMILES string of the molecule is CC(C(=O)NCc1ccccc1)S(=O)(=O)c1nnc(C2CC2)n1C. The summed E-state index contributed by atoms with van der Waals surface area (Å²) in [6.45, 7) is 1.66. The Labute approximate surface area is 141 Å². The van der Waals surface area contributed by atoms with Crippen molar-refractivity contribution in [2.45, 2.75) is 42.6 Å². The van der Waals surface area contributed by atoms with E-state index in [1.54, 1.807) is 7.05 Å². The smallest absolute Gasteiger partial charge is 0.250 e. The van der Waals surface area contributed by atoms with Gasteiger partial charge in [0.15, 0.2) is 0 Å². The van der Waals surface area contributed by atoms with Gasteiger partial charge in [0, 0.05) is 19.5 Å². The third kappa shape index (κ3) is 3.19. The van der Waals surface area contributed by atoms with Crippen molar-refractivity contribution in [1.82, 2.24) is 20.1 Å². The van der Waals surface area contributed by atoms with Gasteiger partial charge in [-0.1, -0.05) is 30.3 Å². The number of rotatable bonds is 6. The average Bonchev–Trinajstić information content (AvgIpc) is 3.34. The van der Waals surface area contributed by atoms with Gasteiger partial charge in [-0.25, -0.2) is 8.42 Å². The molecule has 1 aromatic carbocycles. The van der Waals surface area contributed by atoms with Crippen molar-refractivity contribution in [2.75, 3.05) is 0 Å².